The van der Waals surface area contributed by atoms with Crippen LogP contribution < -0.4 is 15.6 Å². The zero-order chi connectivity index (χ0) is 19.8. The maximum absolute atomic E-state index is 14.8. The molecule has 0 radical (unpaired) electrons. The van der Waals surface area contributed by atoms with Gasteiger partial charge in [0, 0.05) is 43.1 Å². The van der Waals surface area contributed by atoms with Crippen molar-refractivity contribution in [3.8, 4) is 5.69 Å². The van der Waals surface area contributed by atoms with Crippen LogP contribution in [0.25, 0.3) is 16.7 Å². The number of aromatic nitrogens is 2. The zero-order valence-corrected chi connectivity index (χ0v) is 15.4. The summed E-state index contributed by atoms with van der Waals surface area (Å²) in [5, 5.41) is 13.0. The van der Waals surface area contributed by atoms with Crippen LogP contribution in [0.5, 0.6) is 0 Å². The van der Waals surface area contributed by atoms with Gasteiger partial charge in [0.15, 0.2) is 17.3 Å². The first-order valence-electron chi connectivity index (χ1n) is 8.66. The van der Waals surface area contributed by atoms with E-state index in [0.29, 0.717) is 36.9 Å². The number of hydrogen-bond acceptors (Lipinski definition) is 5. The number of carboxylic acids is 1. The van der Waals surface area contributed by atoms with Crippen molar-refractivity contribution in [2.45, 2.75) is 0 Å². The van der Waals surface area contributed by atoms with E-state index in [9.17, 15) is 19.1 Å². The molecule has 3 heterocycles. The summed E-state index contributed by atoms with van der Waals surface area (Å²) in [7, 11) is 0. The molecule has 0 spiro atoms. The van der Waals surface area contributed by atoms with Crippen LogP contribution in [0.15, 0.2) is 41.3 Å². The molecule has 1 aliphatic rings. The van der Waals surface area contributed by atoms with Gasteiger partial charge in [0.1, 0.15) is 5.56 Å². The molecular formula is C19H16ClFN4O3. The largest absolute Gasteiger partial charge is 0.477 e. The van der Waals surface area contributed by atoms with Gasteiger partial charge in [-0.2, -0.15) is 0 Å². The van der Waals surface area contributed by atoms with Gasteiger partial charge in [0.25, 0.3) is 0 Å². The first-order valence-corrected chi connectivity index (χ1v) is 9.04. The Labute approximate surface area is 164 Å². The molecule has 2 aromatic heterocycles. The lowest BCUT2D eigenvalue weighted by molar-refractivity contribution is 0.0695. The molecule has 1 saturated heterocycles. The number of benzene rings is 1. The van der Waals surface area contributed by atoms with E-state index < -0.39 is 22.8 Å². The van der Waals surface area contributed by atoms with Crippen molar-refractivity contribution in [1.82, 2.24) is 14.9 Å². The topological polar surface area (TPSA) is 87.5 Å². The van der Waals surface area contributed by atoms with Gasteiger partial charge in [-0.25, -0.2) is 14.2 Å². The number of halogens is 2. The van der Waals surface area contributed by atoms with E-state index in [1.807, 2.05) is 0 Å². The van der Waals surface area contributed by atoms with Crippen molar-refractivity contribution in [2.24, 2.45) is 0 Å². The van der Waals surface area contributed by atoms with Crippen LogP contribution in [0.4, 0.5) is 10.2 Å². The third-order valence-corrected chi connectivity index (χ3v) is 4.92. The summed E-state index contributed by atoms with van der Waals surface area (Å²) in [6.07, 6.45) is 1.21. The molecule has 28 heavy (non-hydrogen) atoms. The Morgan fingerprint density at radius 2 is 1.89 bits per heavy atom. The Morgan fingerprint density at radius 1 is 1.21 bits per heavy atom. The minimum absolute atomic E-state index is 0.0914. The third kappa shape index (κ3) is 3.21. The van der Waals surface area contributed by atoms with Crippen molar-refractivity contribution >= 4 is 34.4 Å². The van der Waals surface area contributed by atoms with Crippen molar-refractivity contribution in [1.29, 1.82) is 0 Å². The first-order chi connectivity index (χ1) is 13.5. The van der Waals surface area contributed by atoms with E-state index in [-0.39, 0.29) is 16.9 Å². The number of hydrogen-bond donors (Lipinski definition) is 2. The Morgan fingerprint density at radius 3 is 2.54 bits per heavy atom. The molecular weight excluding hydrogens is 387 g/mol. The molecule has 4 rings (SSSR count). The minimum atomic E-state index is -1.39. The summed E-state index contributed by atoms with van der Waals surface area (Å²) in [5.74, 6) is -1.91. The van der Waals surface area contributed by atoms with Gasteiger partial charge in [-0.05, 0) is 30.3 Å². The smallest absolute Gasteiger partial charge is 0.341 e. The van der Waals surface area contributed by atoms with Crippen molar-refractivity contribution in [3.63, 3.8) is 0 Å². The molecule has 1 fully saturated rings. The predicted octanol–water partition coefficient (Wildman–Crippen LogP) is 2.29. The molecule has 2 N–H and O–H groups in total. The second-order valence-corrected chi connectivity index (χ2v) is 6.86. The number of piperazine rings is 1. The van der Waals surface area contributed by atoms with Crippen LogP contribution in [0.3, 0.4) is 0 Å². The monoisotopic (exact) mass is 402 g/mol. The Balaban J connectivity index is 2.01. The van der Waals surface area contributed by atoms with Crippen LogP contribution >= 0.6 is 11.6 Å². The van der Waals surface area contributed by atoms with E-state index in [1.165, 1.54) is 10.8 Å². The van der Waals surface area contributed by atoms with Crippen LogP contribution in [-0.4, -0.2) is 46.8 Å². The molecule has 9 heteroatoms. The molecule has 0 saturated carbocycles. The number of rotatable bonds is 3. The fourth-order valence-corrected chi connectivity index (χ4v) is 3.39. The highest BCUT2D eigenvalue weighted by atomic mass is 35.5. The van der Waals surface area contributed by atoms with Gasteiger partial charge < -0.3 is 19.9 Å². The highest BCUT2D eigenvalue weighted by molar-refractivity contribution is 6.30. The number of pyridine rings is 2. The molecule has 0 unspecified atom stereocenters. The van der Waals surface area contributed by atoms with Crippen molar-refractivity contribution in [2.75, 3.05) is 31.1 Å². The Kier molecular flexibility index (Phi) is 4.74. The van der Waals surface area contributed by atoms with E-state index >= 15 is 0 Å². The summed E-state index contributed by atoms with van der Waals surface area (Å²) < 4.78 is 16.2. The van der Waals surface area contributed by atoms with Gasteiger partial charge in [-0.15, -0.1) is 0 Å². The van der Waals surface area contributed by atoms with Crippen LogP contribution in [0.2, 0.25) is 5.02 Å². The molecule has 0 atom stereocenters. The molecule has 0 amide bonds. The lowest BCUT2D eigenvalue weighted by Crippen LogP contribution is -2.44. The van der Waals surface area contributed by atoms with Gasteiger partial charge in [-0.3, -0.25) is 4.79 Å². The minimum Gasteiger partial charge on any atom is -0.477 e. The van der Waals surface area contributed by atoms with Gasteiger partial charge in [0.2, 0.25) is 5.43 Å². The van der Waals surface area contributed by atoms with Gasteiger partial charge in [0.05, 0.1) is 5.39 Å². The van der Waals surface area contributed by atoms with Crippen LogP contribution in [0, 0.1) is 5.82 Å². The molecule has 7 nitrogen and oxygen atoms in total. The fraction of sp³-hybridized carbons (Fsp3) is 0.211. The molecule has 0 aliphatic carbocycles. The second-order valence-electron chi connectivity index (χ2n) is 6.43. The number of fused-ring (bicyclic) bond motifs is 1. The van der Waals surface area contributed by atoms with E-state index in [1.54, 1.807) is 29.2 Å². The third-order valence-electron chi connectivity index (χ3n) is 4.66. The molecule has 0 bridgehead atoms. The lowest BCUT2D eigenvalue weighted by Gasteiger charge is -2.29. The maximum atomic E-state index is 14.8. The summed E-state index contributed by atoms with van der Waals surface area (Å²) in [6, 6.07) is 7.70. The first kappa shape index (κ1) is 18.4. The number of carbonyl (C=O) groups is 1. The van der Waals surface area contributed by atoms with Crippen LogP contribution in [-0.2, 0) is 0 Å². The molecule has 1 aliphatic heterocycles. The summed E-state index contributed by atoms with van der Waals surface area (Å²) in [4.78, 5) is 30.4. The van der Waals surface area contributed by atoms with Crippen molar-refractivity contribution < 1.29 is 14.3 Å². The quantitative estimate of drug-likeness (QED) is 0.699. The van der Waals surface area contributed by atoms with E-state index in [0.717, 1.165) is 6.07 Å². The Hall–Kier alpha value is -2.97. The van der Waals surface area contributed by atoms with E-state index in [4.69, 9.17) is 11.6 Å². The van der Waals surface area contributed by atoms with Gasteiger partial charge in [-0.1, -0.05) is 11.6 Å². The summed E-state index contributed by atoms with van der Waals surface area (Å²) in [5.41, 5.74) is -0.487. The number of anilines is 1. The number of nitrogens with zero attached hydrogens (tertiary/aromatic N) is 3. The lowest BCUT2D eigenvalue weighted by atomic mass is 10.1. The number of carboxylic acid groups (broad SMARTS) is 1. The predicted molar refractivity (Wildman–Crippen MR) is 104 cm³/mol. The maximum Gasteiger partial charge on any atom is 0.341 e. The normalized spacial score (nSPS) is 14.4. The second kappa shape index (κ2) is 7.21. The fourth-order valence-electron chi connectivity index (χ4n) is 3.26. The SMILES string of the molecule is O=C(O)c1cn(-c2ccc(Cl)cc2)c2nc(N3CCNCC3)c(F)cc2c1=O. The van der Waals surface area contributed by atoms with E-state index in [2.05, 4.69) is 10.3 Å². The molecule has 144 valence electrons. The highest BCUT2D eigenvalue weighted by Gasteiger charge is 2.22. The average Bonchev–Trinajstić information content (AvgIpc) is 2.69. The number of nitrogens with one attached hydrogen (secondary N) is 1. The Bertz CT molecular complexity index is 1120. The van der Waals surface area contributed by atoms with Crippen LogP contribution in [0.1, 0.15) is 10.4 Å². The standard InChI is InChI=1S/C19H16ClFN4O3/c20-11-1-3-12(4-2-11)25-10-14(19(27)28)16(26)13-9-15(21)18(23-17(13)25)24-7-5-22-6-8-24/h1-4,9-10,22H,5-8H2,(H,27,28). The average molecular weight is 403 g/mol. The molecule has 1 aromatic carbocycles. The molecule has 3 aromatic rings. The van der Waals surface area contributed by atoms with Crippen molar-refractivity contribution in [3.05, 3.63) is 63.2 Å². The van der Waals surface area contributed by atoms with Gasteiger partial charge >= 0.3 is 5.97 Å². The zero-order valence-electron chi connectivity index (χ0n) is 14.7. The number of aromatic carboxylic acids is 1. The summed E-state index contributed by atoms with van der Waals surface area (Å²) in [6.45, 7) is 2.55. The highest BCUT2D eigenvalue weighted by Crippen LogP contribution is 2.24. The summed E-state index contributed by atoms with van der Waals surface area (Å²) >= 11 is 5.94.